The van der Waals surface area contributed by atoms with E-state index >= 15 is 0 Å². The molecule has 1 heterocycles. The lowest BCUT2D eigenvalue weighted by Crippen LogP contribution is -3.00. The van der Waals surface area contributed by atoms with Gasteiger partial charge in [-0.15, -0.1) is 0 Å². The summed E-state index contributed by atoms with van der Waals surface area (Å²) < 4.78 is 4.16. The summed E-state index contributed by atoms with van der Waals surface area (Å²) in [7, 11) is 2.02. The largest absolute Gasteiger partial charge is 1.00 e. The summed E-state index contributed by atoms with van der Waals surface area (Å²) in [5.74, 6) is 0. The van der Waals surface area contributed by atoms with Gasteiger partial charge in [0.2, 0.25) is 6.33 Å². The van der Waals surface area contributed by atoms with E-state index in [4.69, 9.17) is 0 Å². The normalized spacial score (nSPS) is 7.80. The van der Waals surface area contributed by atoms with E-state index in [1.807, 2.05) is 17.8 Å². The van der Waals surface area contributed by atoms with Crippen LogP contribution in [0.2, 0.25) is 0 Å². The highest BCUT2D eigenvalue weighted by Crippen LogP contribution is 1.79. The standard InChI is InChI=1S/C6H11N2.ClH.H2O/c1-3-8-5-4-7(2)6-8;;/h4-6H,3H2,1-2H3;1H;1H2/q+1;;/p-1. The first kappa shape index (κ1) is 12.2. The molecule has 0 saturated heterocycles. The van der Waals surface area contributed by atoms with Gasteiger partial charge in [-0.25, -0.2) is 9.13 Å². The van der Waals surface area contributed by atoms with Gasteiger partial charge in [0.15, 0.2) is 0 Å². The van der Waals surface area contributed by atoms with Gasteiger partial charge in [0, 0.05) is 0 Å². The Morgan fingerprint density at radius 1 is 1.50 bits per heavy atom. The zero-order valence-electron chi connectivity index (χ0n) is 6.21. The molecular formula is C6H13ClN2O. The summed E-state index contributed by atoms with van der Waals surface area (Å²) >= 11 is 0. The maximum absolute atomic E-state index is 2.12. The van der Waals surface area contributed by atoms with Crippen LogP contribution in [0.4, 0.5) is 0 Å². The topological polar surface area (TPSA) is 40.3 Å². The third-order valence-electron chi connectivity index (χ3n) is 1.19. The van der Waals surface area contributed by atoms with E-state index < -0.39 is 0 Å². The van der Waals surface area contributed by atoms with Crippen LogP contribution < -0.4 is 17.0 Å². The van der Waals surface area contributed by atoms with Gasteiger partial charge in [-0.3, -0.25) is 0 Å². The van der Waals surface area contributed by atoms with E-state index in [9.17, 15) is 0 Å². The molecule has 1 aromatic heterocycles. The van der Waals surface area contributed by atoms with Crippen molar-refractivity contribution in [1.29, 1.82) is 0 Å². The average Bonchev–Trinajstić information content (AvgIpc) is 2.14. The van der Waals surface area contributed by atoms with E-state index in [-0.39, 0.29) is 17.9 Å². The summed E-state index contributed by atoms with van der Waals surface area (Å²) in [5, 5.41) is 0. The van der Waals surface area contributed by atoms with E-state index in [1.165, 1.54) is 0 Å². The van der Waals surface area contributed by atoms with Crippen LogP contribution in [-0.2, 0) is 13.6 Å². The Labute approximate surface area is 67.0 Å². The van der Waals surface area contributed by atoms with Crippen LogP contribution in [0.1, 0.15) is 6.92 Å². The van der Waals surface area contributed by atoms with Crippen LogP contribution in [-0.4, -0.2) is 10.0 Å². The van der Waals surface area contributed by atoms with Crippen LogP contribution in [0.3, 0.4) is 0 Å². The molecule has 0 atom stereocenters. The molecule has 0 aliphatic heterocycles. The lowest BCUT2D eigenvalue weighted by molar-refractivity contribution is -0.671. The van der Waals surface area contributed by atoms with E-state index in [1.54, 1.807) is 0 Å². The molecule has 10 heavy (non-hydrogen) atoms. The fraction of sp³-hybridized carbons (Fsp3) is 0.500. The van der Waals surface area contributed by atoms with Gasteiger partial charge in [-0.2, -0.15) is 0 Å². The summed E-state index contributed by atoms with van der Waals surface area (Å²) in [6, 6.07) is 0. The number of halogens is 1. The zero-order chi connectivity index (χ0) is 5.98. The van der Waals surface area contributed by atoms with Crippen molar-refractivity contribution in [2.24, 2.45) is 7.05 Å². The van der Waals surface area contributed by atoms with Gasteiger partial charge in [0.1, 0.15) is 12.4 Å². The Morgan fingerprint density at radius 2 is 2.10 bits per heavy atom. The molecule has 2 N–H and O–H groups in total. The van der Waals surface area contributed by atoms with Gasteiger partial charge in [-0.1, -0.05) is 0 Å². The lowest BCUT2D eigenvalue weighted by atomic mass is 10.7. The molecule has 4 heteroatoms. The fourth-order valence-corrected chi connectivity index (χ4v) is 0.689. The maximum Gasteiger partial charge on any atom is 0.243 e. The second-order valence-corrected chi connectivity index (χ2v) is 1.91. The summed E-state index contributed by atoms with van der Waals surface area (Å²) in [6.07, 6.45) is 6.14. The number of hydrogen-bond donors (Lipinski definition) is 0. The molecule has 1 aromatic rings. The first-order chi connectivity index (χ1) is 3.83. The van der Waals surface area contributed by atoms with E-state index in [2.05, 4.69) is 24.0 Å². The molecule has 0 amide bonds. The highest BCUT2D eigenvalue weighted by atomic mass is 35.5. The van der Waals surface area contributed by atoms with E-state index in [0.717, 1.165) is 6.54 Å². The predicted octanol–water partition coefficient (Wildman–Crippen LogP) is -3.49. The molecule has 3 nitrogen and oxygen atoms in total. The van der Waals surface area contributed by atoms with E-state index in [0.29, 0.717) is 0 Å². The lowest BCUT2D eigenvalue weighted by Gasteiger charge is -1.81. The molecule has 60 valence electrons. The van der Waals surface area contributed by atoms with Gasteiger partial charge in [0.05, 0.1) is 13.6 Å². The third kappa shape index (κ3) is 2.85. The van der Waals surface area contributed by atoms with Crippen molar-refractivity contribution in [2.75, 3.05) is 0 Å². The minimum absolute atomic E-state index is 0. The molecule has 0 fully saturated rings. The van der Waals surface area contributed by atoms with Gasteiger partial charge >= 0.3 is 0 Å². The second-order valence-electron chi connectivity index (χ2n) is 1.91. The van der Waals surface area contributed by atoms with Crippen LogP contribution in [0, 0.1) is 0 Å². The van der Waals surface area contributed by atoms with Crippen molar-refractivity contribution in [3.63, 3.8) is 0 Å². The molecule has 0 radical (unpaired) electrons. The third-order valence-corrected chi connectivity index (χ3v) is 1.19. The first-order valence-corrected chi connectivity index (χ1v) is 2.84. The number of aromatic nitrogens is 2. The number of hydrogen-bond acceptors (Lipinski definition) is 0. The highest BCUT2D eigenvalue weighted by molar-refractivity contribution is 4.63. The fourth-order valence-electron chi connectivity index (χ4n) is 0.689. The second kappa shape index (κ2) is 5.26. The smallest absolute Gasteiger partial charge is 0.243 e. The summed E-state index contributed by atoms with van der Waals surface area (Å²) in [6.45, 7) is 3.18. The Hall–Kier alpha value is -0.540. The number of nitrogens with zero attached hydrogens (tertiary/aromatic N) is 2. The monoisotopic (exact) mass is 164 g/mol. The predicted molar refractivity (Wildman–Crippen MR) is 34.9 cm³/mol. The summed E-state index contributed by atoms with van der Waals surface area (Å²) in [5.41, 5.74) is 0. The molecule has 0 bridgehead atoms. The minimum atomic E-state index is 0. The van der Waals surface area contributed by atoms with Gasteiger partial charge < -0.3 is 17.9 Å². The SMILES string of the molecule is CCn1cc[n+](C)c1.O.[Cl-]. The molecule has 0 spiro atoms. The molecule has 0 unspecified atom stereocenters. The Balaban J connectivity index is 0. The van der Waals surface area contributed by atoms with Gasteiger partial charge in [-0.05, 0) is 6.92 Å². The number of aryl methyl sites for hydroxylation is 2. The molecule has 1 rings (SSSR count). The quantitative estimate of drug-likeness (QED) is 0.387. The van der Waals surface area contributed by atoms with Crippen molar-refractivity contribution in [1.82, 2.24) is 4.57 Å². The van der Waals surface area contributed by atoms with Crippen molar-refractivity contribution < 1.29 is 22.5 Å². The molecule has 0 aliphatic carbocycles. The molecular weight excluding hydrogens is 152 g/mol. The Bertz CT molecular complexity index is 176. The highest BCUT2D eigenvalue weighted by Gasteiger charge is 1.92. The molecule has 0 aliphatic rings. The van der Waals surface area contributed by atoms with Gasteiger partial charge in [0.25, 0.3) is 0 Å². The van der Waals surface area contributed by atoms with Crippen LogP contribution in [0.25, 0.3) is 0 Å². The van der Waals surface area contributed by atoms with Crippen LogP contribution in [0.5, 0.6) is 0 Å². The molecule has 0 aromatic carbocycles. The van der Waals surface area contributed by atoms with Crippen molar-refractivity contribution in [2.45, 2.75) is 13.5 Å². The zero-order valence-corrected chi connectivity index (χ0v) is 6.97. The summed E-state index contributed by atoms with van der Waals surface area (Å²) in [4.78, 5) is 0. The van der Waals surface area contributed by atoms with Crippen molar-refractivity contribution >= 4 is 0 Å². The first-order valence-electron chi connectivity index (χ1n) is 2.84. The number of rotatable bonds is 1. The van der Waals surface area contributed by atoms with Crippen LogP contribution >= 0.6 is 0 Å². The molecule has 0 saturated carbocycles. The van der Waals surface area contributed by atoms with Crippen molar-refractivity contribution in [3.8, 4) is 0 Å². The Morgan fingerprint density at radius 3 is 2.30 bits per heavy atom. The number of imidazole rings is 1. The van der Waals surface area contributed by atoms with Crippen LogP contribution in [0.15, 0.2) is 18.7 Å². The minimum Gasteiger partial charge on any atom is -1.00 e. The average molecular weight is 165 g/mol. The Kier molecular flexibility index (Phi) is 6.40. The van der Waals surface area contributed by atoms with Crippen molar-refractivity contribution in [3.05, 3.63) is 18.7 Å². The maximum atomic E-state index is 2.12.